The highest BCUT2D eigenvalue weighted by Gasteiger charge is 2.46. The summed E-state index contributed by atoms with van der Waals surface area (Å²) in [5, 5.41) is 0. The first-order chi connectivity index (χ1) is 10.7. The van der Waals surface area contributed by atoms with Crippen LogP contribution in [0, 0.1) is 13.8 Å². The molecule has 0 saturated carbocycles. The summed E-state index contributed by atoms with van der Waals surface area (Å²) in [4.78, 5) is 2.37. The van der Waals surface area contributed by atoms with Crippen LogP contribution < -0.4 is 14.9 Å². The van der Waals surface area contributed by atoms with Gasteiger partial charge in [0.1, 0.15) is 5.69 Å². The van der Waals surface area contributed by atoms with Gasteiger partial charge in [-0.05, 0) is 37.1 Å². The van der Waals surface area contributed by atoms with E-state index in [1.54, 1.807) is 0 Å². The van der Waals surface area contributed by atoms with Crippen LogP contribution in [-0.2, 0) is 0 Å². The lowest BCUT2D eigenvalue weighted by Gasteiger charge is -2.29. The maximum absolute atomic E-state index is 2.37. The first-order valence-electron chi connectivity index (χ1n) is 7.65. The van der Waals surface area contributed by atoms with Crippen molar-refractivity contribution in [2.75, 3.05) is 11.9 Å². The normalized spacial score (nSPS) is 13.0. The summed E-state index contributed by atoms with van der Waals surface area (Å²) in [6, 6.07) is 17.2. The van der Waals surface area contributed by atoms with Crippen molar-refractivity contribution >= 4 is 18.1 Å². The van der Waals surface area contributed by atoms with Gasteiger partial charge in [0.05, 0.1) is 11.9 Å². The van der Waals surface area contributed by atoms with Crippen LogP contribution in [0.25, 0.3) is 5.69 Å². The molecule has 1 aliphatic rings. The molecular formula is C18H19BN3+. The zero-order valence-electron chi connectivity index (χ0n) is 13.2. The smallest absolute Gasteiger partial charge is 0.346 e. The van der Waals surface area contributed by atoms with Gasteiger partial charge in [-0.3, -0.25) is 0 Å². The lowest BCUT2D eigenvalue weighted by molar-refractivity contribution is -0.621. The Morgan fingerprint density at radius 1 is 0.864 bits per heavy atom. The summed E-state index contributed by atoms with van der Waals surface area (Å²) >= 11 is 0. The molecule has 1 aliphatic heterocycles. The number of para-hydroxylation sites is 2. The van der Waals surface area contributed by atoms with Crippen LogP contribution >= 0.6 is 0 Å². The quantitative estimate of drug-likeness (QED) is 0.624. The van der Waals surface area contributed by atoms with Crippen molar-refractivity contribution in [1.82, 2.24) is 4.68 Å². The Morgan fingerprint density at radius 2 is 1.55 bits per heavy atom. The fourth-order valence-corrected chi connectivity index (χ4v) is 3.59. The topological polar surface area (TPSA) is 12.1 Å². The van der Waals surface area contributed by atoms with Crippen molar-refractivity contribution < 1.29 is 4.59 Å². The van der Waals surface area contributed by atoms with E-state index in [4.69, 9.17) is 0 Å². The summed E-state index contributed by atoms with van der Waals surface area (Å²) in [5.74, 6) is 0. The van der Waals surface area contributed by atoms with Crippen LogP contribution in [0.15, 0.2) is 60.9 Å². The second-order valence-electron chi connectivity index (χ2n) is 5.99. The van der Waals surface area contributed by atoms with Crippen LogP contribution in [-0.4, -0.2) is 18.7 Å². The van der Waals surface area contributed by atoms with Crippen molar-refractivity contribution in [2.45, 2.75) is 13.8 Å². The molecule has 0 fully saturated rings. The highest BCUT2D eigenvalue weighted by Crippen LogP contribution is 2.26. The lowest BCUT2D eigenvalue weighted by Crippen LogP contribution is -2.73. The first-order valence-corrected chi connectivity index (χ1v) is 7.65. The number of anilines is 1. The Morgan fingerprint density at radius 3 is 2.27 bits per heavy atom. The minimum absolute atomic E-state index is 0.172. The third-order valence-corrected chi connectivity index (χ3v) is 4.64. The second kappa shape index (κ2) is 4.77. The van der Waals surface area contributed by atoms with Gasteiger partial charge in [-0.25, -0.2) is 0 Å². The molecule has 2 aromatic carbocycles. The van der Waals surface area contributed by atoms with Gasteiger partial charge in [0.15, 0.2) is 6.20 Å². The lowest BCUT2D eigenvalue weighted by atomic mass is 9.62. The molecule has 0 spiro atoms. The van der Waals surface area contributed by atoms with Crippen molar-refractivity contribution in [3.8, 4) is 5.69 Å². The number of fused-ring (bicyclic) bond motifs is 3. The molecular weight excluding hydrogens is 269 g/mol. The van der Waals surface area contributed by atoms with Crippen molar-refractivity contribution in [3.63, 3.8) is 0 Å². The van der Waals surface area contributed by atoms with Gasteiger partial charge >= 0.3 is 6.98 Å². The number of aromatic nitrogens is 2. The van der Waals surface area contributed by atoms with Gasteiger partial charge in [0.25, 0.3) is 0 Å². The molecule has 4 heteroatoms. The molecule has 0 amide bonds. The third kappa shape index (κ3) is 1.73. The molecule has 0 aliphatic carbocycles. The fourth-order valence-electron chi connectivity index (χ4n) is 3.59. The highest BCUT2D eigenvalue weighted by atomic mass is 15.4. The Labute approximate surface area is 131 Å². The molecule has 0 saturated heterocycles. The average molecular weight is 288 g/mol. The van der Waals surface area contributed by atoms with Crippen LogP contribution in [0.4, 0.5) is 5.69 Å². The first kappa shape index (κ1) is 13.2. The summed E-state index contributed by atoms with van der Waals surface area (Å²) in [6.07, 6.45) is 4.29. The van der Waals surface area contributed by atoms with Gasteiger partial charge in [0, 0.05) is 18.6 Å². The monoisotopic (exact) mass is 288 g/mol. The third-order valence-electron chi connectivity index (χ3n) is 4.64. The van der Waals surface area contributed by atoms with E-state index in [2.05, 4.69) is 95.9 Å². The van der Waals surface area contributed by atoms with Crippen molar-refractivity contribution in [1.29, 1.82) is 0 Å². The predicted molar refractivity (Wildman–Crippen MR) is 91.1 cm³/mol. The molecule has 0 N–H and O–H groups in total. The van der Waals surface area contributed by atoms with E-state index in [0.29, 0.717) is 0 Å². The highest BCUT2D eigenvalue weighted by molar-refractivity contribution is 6.70. The molecule has 22 heavy (non-hydrogen) atoms. The minimum atomic E-state index is 0.172. The Kier molecular flexibility index (Phi) is 2.86. The van der Waals surface area contributed by atoms with E-state index in [1.165, 1.54) is 28.0 Å². The standard InChI is InChI=1S/C18H19BN3/c1-14-8-6-9-15(2)18(14)19-20(3)16-10-4-5-11-17(16)21-12-7-13-22(19)21/h4-13H,1-3H3/q+1. The molecule has 2 heterocycles. The van der Waals surface area contributed by atoms with Gasteiger partial charge in [0.2, 0.25) is 0 Å². The summed E-state index contributed by atoms with van der Waals surface area (Å²) in [7, 11) is 2.18. The van der Waals surface area contributed by atoms with Gasteiger partial charge in [-0.1, -0.05) is 30.3 Å². The van der Waals surface area contributed by atoms with Crippen LogP contribution in [0.3, 0.4) is 0 Å². The fraction of sp³-hybridized carbons (Fsp3) is 0.167. The molecule has 0 radical (unpaired) electrons. The second-order valence-corrected chi connectivity index (χ2v) is 5.99. The van der Waals surface area contributed by atoms with Crippen molar-refractivity contribution in [3.05, 3.63) is 72.1 Å². The molecule has 4 rings (SSSR count). The maximum atomic E-state index is 2.37. The van der Waals surface area contributed by atoms with E-state index in [0.717, 1.165) is 0 Å². The van der Waals surface area contributed by atoms with E-state index < -0.39 is 0 Å². The number of rotatable bonds is 1. The molecule has 108 valence electrons. The molecule has 0 bridgehead atoms. The SMILES string of the molecule is Cc1cccc(C)c1B1N(C)c2ccccc2-n2ccc[n+]21. The minimum Gasteiger partial charge on any atom is -0.346 e. The number of benzene rings is 2. The number of nitrogens with zero attached hydrogens (tertiary/aromatic N) is 3. The molecule has 3 nitrogen and oxygen atoms in total. The molecule has 0 unspecified atom stereocenters. The predicted octanol–water partition coefficient (Wildman–Crippen LogP) is 2.07. The Hall–Kier alpha value is -2.49. The Bertz CT molecular complexity index is 833. The van der Waals surface area contributed by atoms with Crippen LogP contribution in [0.1, 0.15) is 11.1 Å². The summed E-state index contributed by atoms with van der Waals surface area (Å²) in [6.45, 7) is 4.57. The summed E-state index contributed by atoms with van der Waals surface area (Å²) < 4.78 is 4.55. The maximum Gasteiger partial charge on any atom is 0.677 e. The summed E-state index contributed by atoms with van der Waals surface area (Å²) in [5.41, 5.74) is 6.52. The van der Waals surface area contributed by atoms with Crippen LogP contribution in [0.5, 0.6) is 0 Å². The largest absolute Gasteiger partial charge is 0.677 e. The average Bonchev–Trinajstić information content (AvgIpc) is 2.99. The zero-order chi connectivity index (χ0) is 15.3. The zero-order valence-corrected chi connectivity index (χ0v) is 13.2. The van der Waals surface area contributed by atoms with E-state index >= 15 is 0 Å². The van der Waals surface area contributed by atoms with Crippen molar-refractivity contribution in [2.24, 2.45) is 0 Å². The van der Waals surface area contributed by atoms with Gasteiger partial charge in [-0.15, -0.1) is 4.68 Å². The molecule has 0 atom stereocenters. The van der Waals surface area contributed by atoms with E-state index in [1.807, 2.05) is 0 Å². The van der Waals surface area contributed by atoms with Crippen LogP contribution in [0.2, 0.25) is 0 Å². The number of hydrogen-bond donors (Lipinski definition) is 0. The van der Waals surface area contributed by atoms with Gasteiger partial charge < -0.3 is 4.81 Å². The molecule has 1 aromatic heterocycles. The van der Waals surface area contributed by atoms with Gasteiger partial charge in [-0.2, -0.15) is 4.59 Å². The number of hydrogen-bond acceptors (Lipinski definition) is 1. The Balaban J connectivity index is 2.00. The van der Waals surface area contributed by atoms with E-state index in [-0.39, 0.29) is 6.98 Å². The molecule has 3 aromatic rings. The number of aryl methyl sites for hydroxylation is 2. The van der Waals surface area contributed by atoms with E-state index in [9.17, 15) is 0 Å².